The molecule has 0 aromatic heterocycles. The second kappa shape index (κ2) is 8.49. The van der Waals surface area contributed by atoms with Crippen molar-refractivity contribution in [1.29, 1.82) is 0 Å². The highest BCUT2D eigenvalue weighted by Gasteiger charge is 2.33. The van der Waals surface area contributed by atoms with Gasteiger partial charge in [0.05, 0.1) is 5.92 Å². The first-order chi connectivity index (χ1) is 11.4. The average molecular weight is 338 g/mol. The number of carboxylic acids is 1. The molecule has 24 heavy (non-hydrogen) atoms. The number of hydrogen-bond donors (Lipinski definition) is 1. The first-order valence-corrected chi connectivity index (χ1v) is 9.21. The van der Waals surface area contributed by atoms with Gasteiger partial charge in [-0.25, -0.2) is 0 Å². The summed E-state index contributed by atoms with van der Waals surface area (Å²) in [6.07, 6.45) is 4.28. The van der Waals surface area contributed by atoms with Gasteiger partial charge in [-0.15, -0.1) is 0 Å². The van der Waals surface area contributed by atoms with E-state index in [1.165, 1.54) is 0 Å². The van der Waals surface area contributed by atoms with Crippen LogP contribution >= 0.6 is 0 Å². The van der Waals surface area contributed by atoms with Crippen LogP contribution in [0.2, 0.25) is 0 Å². The maximum absolute atomic E-state index is 12.8. The van der Waals surface area contributed by atoms with E-state index < -0.39 is 5.97 Å². The number of piperidine rings is 2. The van der Waals surface area contributed by atoms with Crippen molar-refractivity contribution in [3.63, 3.8) is 0 Å². The third kappa shape index (κ3) is 4.71. The van der Waals surface area contributed by atoms with Crippen molar-refractivity contribution in [2.75, 3.05) is 26.2 Å². The van der Waals surface area contributed by atoms with Crippen LogP contribution in [-0.4, -0.2) is 58.9 Å². The molecule has 2 atom stereocenters. The van der Waals surface area contributed by atoms with Gasteiger partial charge < -0.3 is 14.9 Å². The molecule has 6 heteroatoms. The fourth-order valence-corrected chi connectivity index (χ4v) is 3.73. The molecule has 2 rings (SSSR count). The molecule has 2 amide bonds. The monoisotopic (exact) mass is 338 g/mol. The van der Waals surface area contributed by atoms with E-state index in [2.05, 4.69) is 0 Å². The zero-order valence-electron chi connectivity index (χ0n) is 14.9. The molecule has 2 fully saturated rings. The highest BCUT2D eigenvalue weighted by Crippen LogP contribution is 2.25. The molecule has 0 aliphatic carbocycles. The molecule has 0 spiro atoms. The van der Waals surface area contributed by atoms with Gasteiger partial charge in [-0.05, 0) is 38.0 Å². The van der Waals surface area contributed by atoms with Gasteiger partial charge in [0.25, 0.3) is 0 Å². The molecule has 0 aromatic carbocycles. The molecule has 6 nitrogen and oxygen atoms in total. The minimum Gasteiger partial charge on any atom is -0.481 e. The van der Waals surface area contributed by atoms with Gasteiger partial charge in [-0.2, -0.15) is 0 Å². The number of aliphatic carboxylic acids is 1. The Bertz CT molecular complexity index is 472. The van der Waals surface area contributed by atoms with E-state index in [0.717, 1.165) is 38.6 Å². The van der Waals surface area contributed by atoms with Crippen molar-refractivity contribution < 1.29 is 19.5 Å². The van der Waals surface area contributed by atoms with Gasteiger partial charge >= 0.3 is 5.97 Å². The number of nitrogens with zero attached hydrogens (tertiary/aromatic N) is 2. The van der Waals surface area contributed by atoms with E-state index >= 15 is 0 Å². The minimum absolute atomic E-state index is 0.0191. The normalized spacial score (nSPS) is 23.8. The van der Waals surface area contributed by atoms with E-state index in [4.69, 9.17) is 5.11 Å². The highest BCUT2D eigenvalue weighted by atomic mass is 16.4. The Morgan fingerprint density at radius 1 is 1.08 bits per heavy atom. The van der Waals surface area contributed by atoms with Gasteiger partial charge in [0.1, 0.15) is 0 Å². The van der Waals surface area contributed by atoms with E-state index in [0.29, 0.717) is 19.6 Å². The van der Waals surface area contributed by atoms with Crippen molar-refractivity contribution in [2.45, 2.75) is 52.4 Å². The molecule has 0 bridgehead atoms. The van der Waals surface area contributed by atoms with Crippen molar-refractivity contribution in [2.24, 2.45) is 17.8 Å². The number of likely N-dealkylation sites (tertiary alicyclic amines) is 2. The fourth-order valence-electron chi connectivity index (χ4n) is 3.73. The molecule has 136 valence electrons. The van der Waals surface area contributed by atoms with Crippen molar-refractivity contribution in [3.05, 3.63) is 0 Å². The summed E-state index contributed by atoms with van der Waals surface area (Å²) in [5.74, 6) is -0.346. The van der Waals surface area contributed by atoms with Crippen molar-refractivity contribution >= 4 is 17.8 Å². The number of hydrogen-bond acceptors (Lipinski definition) is 3. The van der Waals surface area contributed by atoms with Crippen LogP contribution in [0.4, 0.5) is 0 Å². The Hall–Kier alpha value is -1.59. The van der Waals surface area contributed by atoms with Crippen molar-refractivity contribution in [3.8, 4) is 0 Å². The van der Waals surface area contributed by atoms with Crippen LogP contribution in [0.3, 0.4) is 0 Å². The Morgan fingerprint density at radius 2 is 1.75 bits per heavy atom. The summed E-state index contributed by atoms with van der Waals surface area (Å²) in [6.45, 7) is 6.54. The van der Waals surface area contributed by atoms with E-state index in [1.54, 1.807) is 0 Å². The Labute approximate surface area is 144 Å². The maximum atomic E-state index is 12.8. The summed E-state index contributed by atoms with van der Waals surface area (Å²) in [7, 11) is 0. The third-order valence-corrected chi connectivity index (χ3v) is 5.51. The summed E-state index contributed by atoms with van der Waals surface area (Å²) in [5.41, 5.74) is 0. The average Bonchev–Trinajstić information content (AvgIpc) is 2.60. The fraction of sp³-hybridized carbons (Fsp3) is 0.833. The molecule has 2 aliphatic rings. The van der Waals surface area contributed by atoms with Gasteiger partial charge in [-0.3, -0.25) is 14.4 Å². The quantitative estimate of drug-likeness (QED) is 0.831. The van der Waals surface area contributed by atoms with Gasteiger partial charge in [0.2, 0.25) is 11.8 Å². The molecular weight excluding hydrogens is 308 g/mol. The van der Waals surface area contributed by atoms with Crippen LogP contribution in [0.5, 0.6) is 0 Å². The Morgan fingerprint density at radius 3 is 2.33 bits per heavy atom. The summed E-state index contributed by atoms with van der Waals surface area (Å²) in [4.78, 5) is 39.7. The molecule has 2 heterocycles. The minimum atomic E-state index is -0.758. The molecule has 1 N–H and O–H groups in total. The van der Waals surface area contributed by atoms with Crippen LogP contribution in [0, 0.1) is 17.8 Å². The molecule has 2 aliphatic heterocycles. The maximum Gasteiger partial charge on any atom is 0.303 e. The van der Waals surface area contributed by atoms with Crippen LogP contribution in [0.15, 0.2) is 0 Å². The highest BCUT2D eigenvalue weighted by molar-refractivity contribution is 5.82. The zero-order valence-corrected chi connectivity index (χ0v) is 14.9. The first-order valence-electron chi connectivity index (χ1n) is 9.21. The van der Waals surface area contributed by atoms with Gasteiger partial charge in [0, 0.05) is 38.5 Å². The Kier molecular flexibility index (Phi) is 6.63. The number of carbonyl (C=O) groups excluding carboxylic acids is 2. The van der Waals surface area contributed by atoms with Crippen LogP contribution < -0.4 is 0 Å². The third-order valence-electron chi connectivity index (χ3n) is 5.51. The second-order valence-corrected chi connectivity index (χ2v) is 7.30. The van der Waals surface area contributed by atoms with Crippen LogP contribution in [0.1, 0.15) is 52.4 Å². The number of carbonyl (C=O) groups is 3. The molecule has 0 unspecified atom stereocenters. The SMILES string of the molecule is CC[C@H](C)C(=O)N1CCC[C@@H](C(=O)N2CCC(CC(=O)O)CC2)C1. The number of carboxylic acid groups (broad SMARTS) is 1. The summed E-state index contributed by atoms with van der Waals surface area (Å²) in [6, 6.07) is 0. The summed E-state index contributed by atoms with van der Waals surface area (Å²) >= 11 is 0. The van der Waals surface area contributed by atoms with Crippen molar-refractivity contribution in [1.82, 2.24) is 9.80 Å². The molecule has 0 radical (unpaired) electrons. The summed E-state index contributed by atoms with van der Waals surface area (Å²) in [5, 5.41) is 8.87. The van der Waals surface area contributed by atoms with E-state index in [9.17, 15) is 14.4 Å². The predicted octanol–water partition coefficient (Wildman–Crippen LogP) is 1.98. The standard InChI is InChI=1S/C18H30N2O4/c1-3-13(2)17(23)20-8-4-5-15(12-20)18(24)19-9-6-14(7-10-19)11-16(21)22/h13-15H,3-12H2,1-2H3,(H,21,22)/t13-,15+/m0/s1. The number of amides is 2. The largest absolute Gasteiger partial charge is 0.481 e. The van der Waals surface area contributed by atoms with Gasteiger partial charge in [0.15, 0.2) is 0 Å². The molecule has 2 saturated heterocycles. The topological polar surface area (TPSA) is 77.9 Å². The van der Waals surface area contributed by atoms with E-state index in [1.807, 2.05) is 23.6 Å². The molecular formula is C18H30N2O4. The zero-order chi connectivity index (χ0) is 17.7. The predicted molar refractivity (Wildman–Crippen MR) is 90.3 cm³/mol. The van der Waals surface area contributed by atoms with Crippen LogP contribution in [-0.2, 0) is 14.4 Å². The lowest BCUT2D eigenvalue weighted by molar-refractivity contribution is -0.143. The van der Waals surface area contributed by atoms with E-state index in [-0.39, 0.29) is 36.0 Å². The lowest BCUT2D eigenvalue weighted by Crippen LogP contribution is -2.49. The molecule has 0 aromatic rings. The Balaban J connectivity index is 1.86. The smallest absolute Gasteiger partial charge is 0.303 e. The lowest BCUT2D eigenvalue weighted by atomic mass is 9.91. The van der Waals surface area contributed by atoms with Gasteiger partial charge in [-0.1, -0.05) is 13.8 Å². The lowest BCUT2D eigenvalue weighted by Gasteiger charge is -2.38. The van der Waals surface area contributed by atoms with Crippen LogP contribution in [0.25, 0.3) is 0 Å². The molecule has 0 saturated carbocycles. The number of rotatable bonds is 5. The first kappa shape index (κ1) is 18.7. The summed E-state index contributed by atoms with van der Waals surface area (Å²) < 4.78 is 0. The second-order valence-electron chi connectivity index (χ2n) is 7.30.